The van der Waals surface area contributed by atoms with Crippen LogP contribution in [0.5, 0.6) is 0 Å². The fraction of sp³-hybridized carbons (Fsp3) is 0. The minimum absolute atomic E-state index is 0.0849. The van der Waals surface area contributed by atoms with E-state index in [0.29, 0.717) is 0 Å². The van der Waals surface area contributed by atoms with Crippen molar-refractivity contribution in [2.24, 2.45) is 0 Å². The van der Waals surface area contributed by atoms with Crippen LogP contribution in [0.25, 0.3) is 87.6 Å². The van der Waals surface area contributed by atoms with E-state index in [1.165, 1.54) is 121 Å². The Bertz CT molecular complexity index is 4060. The van der Waals surface area contributed by atoms with Crippen LogP contribution in [-0.4, -0.2) is 6.71 Å². The topological polar surface area (TPSA) is 6.48 Å². The van der Waals surface area contributed by atoms with Gasteiger partial charge in [0.2, 0.25) is 0 Å². The van der Waals surface area contributed by atoms with Gasteiger partial charge in [0.15, 0.2) is 0 Å². The molecule has 0 unspecified atom stereocenters. The molecule has 2 nitrogen and oxygen atoms in total. The third-order valence-electron chi connectivity index (χ3n) is 15.5. The molecule has 0 saturated carbocycles. The van der Waals surface area contributed by atoms with Crippen LogP contribution in [0.3, 0.4) is 0 Å². The van der Waals surface area contributed by atoms with Gasteiger partial charge in [-0.05, 0) is 165 Å². The Kier molecular flexibility index (Phi) is 9.40. The summed E-state index contributed by atoms with van der Waals surface area (Å²) in [5.74, 6) is 0. The van der Waals surface area contributed by atoms with Crippen LogP contribution in [-0.2, 0) is 0 Å². The highest BCUT2D eigenvalue weighted by Gasteiger charge is 2.44. The summed E-state index contributed by atoms with van der Waals surface area (Å²) in [5.41, 5.74) is 20.3. The van der Waals surface area contributed by atoms with E-state index in [4.69, 9.17) is 0 Å². The molecule has 13 aromatic rings. The van der Waals surface area contributed by atoms with Gasteiger partial charge in [-0.15, -0.1) is 0 Å². The summed E-state index contributed by atoms with van der Waals surface area (Å²) in [5, 5.41) is 9.97. The standard InChI is InChI=1S/C70H45BN2/c1-6-20-46(21-7-1)53-38-61(47-22-8-2-9-23-47)69(62(39-53)48-24-10-3-11-25-48)54-42-67-70-68(43-54)73(56-30-14-5-15-31-56)66-45-60-52(37-35-50-27-17-19-33-58(50)60)41-64(66)71(70)63-40-51-36-34-49-26-16-18-32-57(49)59(51)44-65(63)72(67)55-28-12-4-13-29-55/h1-45H. The molecule has 0 fully saturated rings. The molecule has 0 aliphatic carbocycles. The maximum Gasteiger partial charge on any atom is 0.252 e. The van der Waals surface area contributed by atoms with E-state index in [0.717, 1.165) is 16.9 Å². The summed E-state index contributed by atoms with van der Waals surface area (Å²) in [6.45, 7) is -0.0849. The molecule has 0 radical (unpaired) electrons. The third kappa shape index (κ3) is 6.59. The second-order valence-corrected chi connectivity index (χ2v) is 19.6. The zero-order valence-electron chi connectivity index (χ0n) is 40.0. The molecule has 2 heterocycles. The van der Waals surface area contributed by atoms with Crippen LogP contribution in [0.1, 0.15) is 0 Å². The number of hydrogen-bond donors (Lipinski definition) is 0. The summed E-state index contributed by atoms with van der Waals surface area (Å²) < 4.78 is 0. The summed E-state index contributed by atoms with van der Waals surface area (Å²) in [4.78, 5) is 5.14. The SMILES string of the molecule is c1ccc(-c2cc(-c3ccccc3)c(-c3cc4c5c(c3)N(c3ccccc3)c3cc6c(ccc7ccccc76)cc3B5c3cc5ccc6ccccc6c5cc3N4c3ccccc3)c(-c3ccccc3)c2)cc1. The molecule has 3 heteroatoms. The van der Waals surface area contributed by atoms with Crippen molar-refractivity contribution in [3.05, 3.63) is 273 Å². The summed E-state index contributed by atoms with van der Waals surface area (Å²) in [6, 6.07) is 102. The molecule has 0 aromatic heterocycles. The largest absolute Gasteiger partial charge is 0.311 e. The Morgan fingerprint density at radius 2 is 0.630 bits per heavy atom. The van der Waals surface area contributed by atoms with E-state index in [1.807, 2.05) is 0 Å². The molecule has 15 rings (SSSR count). The lowest BCUT2D eigenvalue weighted by molar-refractivity contribution is 1.26. The monoisotopic (exact) mass is 924 g/mol. The van der Waals surface area contributed by atoms with Gasteiger partial charge in [-0.25, -0.2) is 0 Å². The smallest absolute Gasteiger partial charge is 0.252 e. The summed E-state index contributed by atoms with van der Waals surface area (Å²) in [7, 11) is 0. The van der Waals surface area contributed by atoms with Gasteiger partial charge < -0.3 is 9.80 Å². The molecule has 2 aliphatic heterocycles. The number of fused-ring (bicyclic) bond motifs is 10. The van der Waals surface area contributed by atoms with Crippen molar-refractivity contribution in [3.8, 4) is 44.5 Å². The number of nitrogens with zero attached hydrogens (tertiary/aromatic N) is 2. The van der Waals surface area contributed by atoms with Crippen molar-refractivity contribution in [1.82, 2.24) is 0 Å². The minimum Gasteiger partial charge on any atom is -0.311 e. The Morgan fingerprint density at radius 3 is 1.08 bits per heavy atom. The number of rotatable bonds is 6. The fourth-order valence-corrected chi connectivity index (χ4v) is 12.3. The van der Waals surface area contributed by atoms with E-state index in [2.05, 4.69) is 283 Å². The van der Waals surface area contributed by atoms with Gasteiger partial charge in [-0.1, -0.05) is 212 Å². The molecule has 338 valence electrons. The number of hydrogen-bond acceptors (Lipinski definition) is 2. The van der Waals surface area contributed by atoms with Crippen LogP contribution in [0.2, 0.25) is 0 Å². The minimum atomic E-state index is -0.0849. The van der Waals surface area contributed by atoms with Crippen molar-refractivity contribution < 1.29 is 0 Å². The van der Waals surface area contributed by atoms with Gasteiger partial charge in [0.25, 0.3) is 6.71 Å². The molecule has 0 spiro atoms. The molecule has 0 N–H and O–H groups in total. The van der Waals surface area contributed by atoms with Crippen LogP contribution >= 0.6 is 0 Å². The molecular weight excluding hydrogens is 880 g/mol. The Hall–Kier alpha value is -9.44. The second kappa shape index (κ2) is 16.6. The van der Waals surface area contributed by atoms with Crippen LogP contribution < -0.4 is 26.2 Å². The Labute approximate surface area is 425 Å². The molecule has 2 aliphatic rings. The molecular formula is C70H45BN2. The number of benzene rings is 13. The van der Waals surface area contributed by atoms with Crippen molar-refractivity contribution in [3.63, 3.8) is 0 Å². The predicted octanol–water partition coefficient (Wildman–Crippen LogP) is 17.0. The Morgan fingerprint density at radius 1 is 0.247 bits per heavy atom. The fourth-order valence-electron chi connectivity index (χ4n) is 12.3. The van der Waals surface area contributed by atoms with Gasteiger partial charge >= 0.3 is 0 Å². The quantitative estimate of drug-likeness (QED) is 0.121. The van der Waals surface area contributed by atoms with Gasteiger partial charge in [0, 0.05) is 34.1 Å². The first kappa shape index (κ1) is 41.4. The highest BCUT2D eigenvalue weighted by atomic mass is 15.2. The lowest BCUT2D eigenvalue weighted by atomic mass is 9.33. The zero-order valence-corrected chi connectivity index (χ0v) is 40.0. The first-order valence-corrected chi connectivity index (χ1v) is 25.4. The van der Waals surface area contributed by atoms with Crippen molar-refractivity contribution >= 4 is 100 Å². The summed E-state index contributed by atoms with van der Waals surface area (Å²) in [6.07, 6.45) is 0. The van der Waals surface area contributed by atoms with E-state index >= 15 is 0 Å². The van der Waals surface area contributed by atoms with E-state index < -0.39 is 0 Å². The van der Waals surface area contributed by atoms with Crippen LogP contribution in [0.15, 0.2) is 273 Å². The third-order valence-corrected chi connectivity index (χ3v) is 15.5. The molecule has 73 heavy (non-hydrogen) atoms. The zero-order chi connectivity index (χ0) is 48.0. The van der Waals surface area contributed by atoms with Gasteiger partial charge in [-0.2, -0.15) is 0 Å². The molecule has 0 bridgehead atoms. The van der Waals surface area contributed by atoms with E-state index in [9.17, 15) is 0 Å². The van der Waals surface area contributed by atoms with Gasteiger partial charge in [-0.3, -0.25) is 0 Å². The lowest BCUT2D eigenvalue weighted by Gasteiger charge is -2.45. The highest BCUT2D eigenvalue weighted by molar-refractivity contribution is 7.00. The van der Waals surface area contributed by atoms with Crippen LogP contribution in [0.4, 0.5) is 34.1 Å². The molecule has 0 saturated heterocycles. The van der Waals surface area contributed by atoms with Gasteiger partial charge in [0.05, 0.1) is 0 Å². The van der Waals surface area contributed by atoms with E-state index in [1.54, 1.807) is 0 Å². The maximum atomic E-state index is 2.57. The lowest BCUT2D eigenvalue weighted by Crippen LogP contribution is -2.61. The van der Waals surface area contributed by atoms with E-state index in [-0.39, 0.29) is 6.71 Å². The maximum absolute atomic E-state index is 2.57. The normalized spacial score (nSPS) is 12.6. The molecule has 0 amide bonds. The summed E-state index contributed by atoms with van der Waals surface area (Å²) >= 11 is 0. The highest BCUT2D eigenvalue weighted by Crippen LogP contribution is 2.51. The second-order valence-electron chi connectivity index (χ2n) is 19.6. The predicted molar refractivity (Wildman–Crippen MR) is 312 cm³/mol. The van der Waals surface area contributed by atoms with Crippen LogP contribution in [0, 0.1) is 0 Å². The first-order chi connectivity index (χ1) is 36.2. The van der Waals surface area contributed by atoms with Crippen molar-refractivity contribution in [1.29, 1.82) is 0 Å². The Balaban J connectivity index is 1.12. The average molecular weight is 925 g/mol. The van der Waals surface area contributed by atoms with Crippen molar-refractivity contribution in [2.75, 3.05) is 9.80 Å². The first-order valence-electron chi connectivity index (χ1n) is 25.4. The number of anilines is 6. The number of para-hydroxylation sites is 2. The van der Waals surface area contributed by atoms with Crippen molar-refractivity contribution in [2.45, 2.75) is 0 Å². The molecule has 0 atom stereocenters. The van der Waals surface area contributed by atoms with Gasteiger partial charge in [0.1, 0.15) is 0 Å². The average Bonchev–Trinajstić information content (AvgIpc) is 3.47. The molecule has 13 aromatic carbocycles.